The fraction of sp³-hybridized carbons (Fsp3) is 0.611. The molecule has 1 aromatic rings. The van der Waals surface area contributed by atoms with Crippen molar-refractivity contribution in [2.45, 2.75) is 37.3 Å². The highest BCUT2D eigenvalue weighted by molar-refractivity contribution is 5.97. The number of nitrogens with one attached hydrogen (secondary N) is 1. The molecule has 0 unspecified atom stereocenters. The van der Waals surface area contributed by atoms with Gasteiger partial charge in [-0.05, 0) is 37.8 Å². The largest absolute Gasteiger partial charge is 0.485 e. The first-order valence-corrected chi connectivity index (χ1v) is 8.64. The molecule has 1 spiro atoms. The Hall–Kier alpha value is -1.59. The van der Waals surface area contributed by atoms with E-state index in [-0.39, 0.29) is 11.5 Å². The first kappa shape index (κ1) is 15.0. The van der Waals surface area contributed by atoms with Gasteiger partial charge in [0, 0.05) is 19.1 Å². The van der Waals surface area contributed by atoms with Crippen molar-refractivity contribution in [2.24, 2.45) is 0 Å². The SMILES string of the molecule is O=C1NCC2(CCC(N3CCOCC3)CC2)Oc2ccccc21. The molecule has 1 amide bonds. The molecule has 0 radical (unpaired) electrons. The highest BCUT2D eigenvalue weighted by Gasteiger charge is 2.41. The second kappa shape index (κ2) is 6.13. The van der Waals surface area contributed by atoms with Gasteiger partial charge in [0.05, 0.1) is 25.3 Å². The summed E-state index contributed by atoms with van der Waals surface area (Å²) < 4.78 is 11.8. The molecule has 0 aromatic heterocycles. The van der Waals surface area contributed by atoms with E-state index in [0.717, 1.165) is 57.7 Å². The summed E-state index contributed by atoms with van der Waals surface area (Å²) in [7, 11) is 0. The van der Waals surface area contributed by atoms with Gasteiger partial charge < -0.3 is 14.8 Å². The van der Waals surface area contributed by atoms with E-state index in [2.05, 4.69) is 10.2 Å². The van der Waals surface area contributed by atoms with Gasteiger partial charge in [0.2, 0.25) is 0 Å². The lowest BCUT2D eigenvalue weighted by Gasteiger charge is -2.43. The van der Waals surface area contributed by atoms with Crippen LogP contribution in [-0.4, -0.2) is 55.3 Å². The number of amides is 1. The summed E-state index contributed by atoms with van der Waals surface area (Å²) in [6, 6.07) is 8.20. The number of fused-ring (bicyclic) bond motifs is 1. The fourth-order valence-electron chi connectivity index (χ4n) is 4.06. The van der Waals surface area contributed by atoms with Crippen LogP contribution in [0.4, 0.5) is 0 Å². The zero-order chi connectivity index (χ0) is 15.7. The minimum absolute atomic E-state index is 0.0206. The molecule has 0 atom stereocenters. The van der Waals surface area contributed by atoms with Crippen molar-refractivity contribution in [3.8, 4) is 5.75 Å². The van der Waals surface area contributed by atoms with Gasteiger partial charge in [0.1, 0.15) is 11.4 Å². The van der Waals surface area contributed by atoms with Gasteiger partial charge in [-0.2, -0.15) is 0 Å². The van der Waals surface area contributed by atoms with Crippen LogP contribution in [0.2, 0.25) is 0 Å². The molecule has 1 saturated carbocycles. The molecule has 4 rings (SSSR count). The van der Waals surface area contributed by atoms with Crippen LogP contribution >= 0.6 is 0 Å². The molecule has 124 valence electrons. The molecular weight excluding hydrogens is 292 g/mol. The van der Waals surface area contributed by atoms with Crippen LogP contribution in [-0.2, 0) is 4.74 Å². The standard InChI is InChI=1S/C18H24N2O3/c21-17-15-3-1-2-4-16(15)23-18(13-19-17)7-5-14(6-8-18)20-9-11-22-12-10-20/h1-4,14H,5-13H2,(H,19,21). The highest BCUT2D eigenvalue weighted by atomic mass is 16.5. The predicted octanol–water partition coefficient (Wildman–Crippen LogP) is 1.82. The number of nitrogens with zero attached hydrogens (tertiary/aromatic N) is 1. The molecule has 5 nitrogen and oxygen atoms in total. The maximum absolute atomic E-state index is 12.2. The maximum Gasteiger partial charge on any atom is 0.255 e. The lowest BCUT2D eigenvalue weighted by atomic mass is 9.81. The molecular formula is C18H24N2O3. The number of carbonyl (C=O) groups excluding carboxylic acids is 1. The second-order valence-electron chi connectivity index (χ2n) is 6.84. The summed E-state index contributed by atoms with van der Waals surface area (Å²) in [5.41, 5.74) is 0.407. The summed E-state index contributed by atoms with van der Waals surface area (Å²) in [4.78, 5) is 14.8. The van der Waals surface area contributed by atoms with E-state index < -0.39 is 0 Å². The zero-order valence-electron chi connectivity index (χ0n) is 13.4. The first-order valence-electron chi connectivity index (χ1n) is 8.64. The molecule has 1 aromatic carbocycles. The van der Waals surface area contributed by atoms with Gasteiger partial charge in [0.15, 0.2) is 0 Å². The van der Waals surface area contributed by atoms with Gasteiger partial charge >= 0.3 is 0 Å². The minimum atomic E-state index is -0.245. The number of hydrogen-bond donors (Lipinski definition) is 1. The second-order valence-corrected chi connectivity index (χ2v) is 6.84. The third-order valence-electron chi connectivity index (χ3n) is 5.46. The van der Waals surface area contributed by atoms with Crippen LogP contribution in [0.25, 0.3) is 0 Å². The molecule has 0 bridgehead atoms. The Morgan fingerprint density at radius 3 is 2.65 bits per heavy atom. The van der Waals surface area contributed by atoms with Crippen molar-refractivity contribution in [2.75, 3.05) is 32.8 Å². The number of rotatable bonds is 1. The molecule has 2 fully saturated rings. The topological polar surface area (TPSA) is 50.8 Å². The van der Waals surface area contributed by atoms with E-state index in [0.29, 0.717) is 18.2 Å². The fourth-order valence-corrected chi connectivity index (χ4v) is 4.06. The summed E-state index contributed by atoms with van der Waals surface area (Å²) in [5, 5.41) is 3.06. The Morgan fingerprint density at radius 2 is 1.87 bits per heavy atom. The average molecular weight is 316 g/mol. The molecule has 1 aliphatic carbocycles. The summed E-state index contributed by atoms with van der Waals surface area (Å²) in [6.07, 6.45) is 4.23. The van der Waals surface area contributed by atoms with Crippen molar-refractivity contribution < 1.29 is 14.3 Å². The summed E-state index contributed by atoms with van der Waals surface area (Å²) in [5.74, 6) is 0.708. The number of para-hydroxylation sites is 1. The third kappa shape index (κ3) is 2.95. The minimum Gasteiger partial charge on any atom is -0.485 e. The van der Waals surface area contributed by atoms with Crippen LogP contribution in [0, 0.1) is 0 Å². The Balaban J connectivity index is 1.47. The lowest BCUT2D eigenvalue weighted by molar-refractivity contribution is -0.0263. The van der Waals surface area contributed by atoms with Crippen molar-refractivity contribution in [1.29, 1.82) is 0 Å². The highest BCUT2D eigenvalue weighted by Crippen LogP contribution is 2.37. The first-order chi connectivity index (χ1) is 11.3. The monoisotopic (exact) mass is 316 g/mol. The van der Waals surface area contributed by atoms with Crippen LogP contribution in [0.1, 0.15) is 36.0 Å². The van der Waals surface area contributed by atoms with E-state index >= 15 is 0 Å². The van der Waals surface area contributed by atoms with E-state index in [1.807, 2.05) is 24.3 Å². The smallest absolute Gasteiger partial charge is 0.255 e. The van der Waals surface area contributed by atoms with Crippen LogP contribution < -0.4 is 10.1 Å². The Kier molecular flexibility index (Phi) is 3.99. The molecule has 1 saturated heterocycles. The molecule has 5 heteroatoms. The van der Waals surface area contributed by atoms with Crippen molar-refractivity contribution in [3.05, 3.63) is 29.8 Å². The van der Waals surface area contributed by atoms with E-state index in [1.54, 1.807) is 0 Å². The van der Waals surface area contributed by atoms with Crippen molar-refractivity contribution in [3.63, 3.8) is 0 Å². The Morgan fingerprint density at radius 1 is 1.13 bits per heavy atom. The Bertz CT molecular complexity index is 575. The summed E-state index contributed by atoms with van der Waals surface area (Å²) >= 11 is 0. The number of benzene rings is 1. The number of carbonyl (C=O) groups is 1. The van der Waals surface area contributed by atoms with Crippen LogP contribution in [0.5, 0.6) is 5.75 Å². The van der Waals surface area contributed by atoms with Crippen molar-refractivity contribution in [1.82, 2.24) is 10.2 Å². The number of ether oxygens (including phenoxy) is 2. The molecule has 3 aliphatic rings. The van der Waals surface area contributed by atoms with Gasteiger partial charge in [-0.15, -0.1) is 0 Å². The average Bonchev–Trinajstić information content (AvgIpc) is 2.74. The zero-order valence-corrected chi connectivity index (χ0v) is 13.4. The predicted molar refractivity (Wildman–Crippen MR) is 86.8 cm³/mol. The van der Waals surface area contributed by atoms with Crippen LogP contribution in [0.15, 0.2) is 24.3 Å². The quantitative estimate of drug-likeness (QED) is 0.859. The molecule has 23 heavy (non-hydrogen) atoms. The van der Waals surface area contributed by atoms with Gasteiger partial charge in [-0.25, -0.2) is 0 Å². The Labute approximate surface area is 136 Å². The lowest BCUT2D eigenvalue weighted by Crippen LogP contribution is -2.52. The van der Waals surface area contributed by atoms with Gasteiger partial charge in [-0.3, -0.25) is 9.69 Å². The summed E-state index contributed by atoms with van der Waals surface area (Å²) in [6.45, 7) is 4.38. The third-order valence-corrected chi connectivity index (χ3v) is 5.46. The molecule has 1 N–H and O–H groups in total. The van der Waals surface area contributed by atoms with Gasteiger partial charge in [0.25, 0.3) is 5.91 Å². The number of morpholine rings is 1. The number of hydrogen-bond acceptors (Lipinski definition) is 4. The van der Waals surface area contributed by atoms with Crippen molar-refractivity contribution >= 4 is 5.91 Å². The van der Waals surface area contributed by atoms with E-state index in [4.69, 9.17) is 9.47 Å². The molecule has 2 aliphatic heterocycles. The van der Waals surface area contributed by atoms with E-state index in [1.165, 1.54) is 0 Å². The molecule has 2 heterocycles. The van der Waals surface area contributed by atoms with Gasteiger partial charge in [-0.1, -0.05) is 12.1 Å². The van der Waals surface area contributed by atoms with E-state index in [9.17, 15) is 4.79 Å². The van der Waals surface area contributed by atoms with Crippen LogP contribution in [0.3, 0.4) is 0 Å². The maximum atomic E-state index is 12.2. The normalized spacial score (nSPS) is 31.8.